The van der Waals surface area contributed by atoms with Crippen LogP contribution < -0.4 is 0 Å². The van der Waals surface area contributed by atoms with Crippen LogP contribution in [0.2, 0.25) is 13.1 Å². The highest BCUT2D eigenvalue weighted by Crippen LogP contribution is 2.23. The first-order chi connectivity index (χ1) is 9.83. The lowest BCUT2D eigenvalue weighted by atomic mass is 10.1. The number of rotatable bonds is 4. The Labute approximate surface area is 142 Å². The van der Waals surface area contributed by atoms with Gasteiger partial charge in [0, 0.05) is 0 Å². The fourth-order valence-electron chi connectivity index (χ4n) is 1.91. The molecule has 0 unspecified atom stereocenters. The summed E-state index contributed by atoms with van der Waals surface area (Å²) in [5.41, 5.74) is -3.61. The van der Waals surface area contributed by atoms with Gasteiger partial charge in [-0.1, -0.05) is 23.7 Å². The molecule has 0 saturated carbocycles. The molecule has 0 aromatic rings. The van der Waals surface area contributed by atoms with Gasteiger partial charge in [0.25, 0.3) is 0 Å². The lowest BCUT2D eigenvalue weighted by Gasteiger charge is -2.35. The summed E-state index contributed by atoms with van der Waals surface area (Å²) >= 11 is 0. The number of hydrogen-bond acceptors (Lipinski definition) is 4. The van der Waals surface area contributed by atoms with E-state index in [2.05, 4.69) is 23.7 Å². The van der Waals surface area contributed by atoms with Crippen molar-refractivity contribution >= 4 is 8.56 Å². The maximum Gasteiger partial charge on any atom is 0.333 e. The monoisotopic (exact) mass is 340 g/mol. The number of hydrogen-bond donors (Lipinski definition) is 2. The van der Waals surface area contributed by atoms with Crippen LogP contribution in [0.4, 0.5) is 0 Å². The van der Waals surface area contributed by atoms with Gasteiger partial charge in [-0.25, -0.2) is 0 Å². The Morgan fingerprint density at radius 2 is 0.870 bits per heavy atom. The first-order valence-electron chi connectivity index (χ1n) is 7.76. The second-order valence-electron chi connectivity index (χ2n) is 8.24. The highest BCUT2D eigenvalue weighted by atomic mass is 28.4. The van der Waals surface area contributed by atoms with E-state index < -0.39 is 31.0 Å². The lowest BCUT2D eigenvalue weighted by Crippen LogP contribution is -2.48. The first kappa shape index (κ1) is 22.2. The third kappa shape index (κ3) is 12.3. The van der Waals surface area contributed by atoms with Crippen molar-refractivity contribution in [2.45, 2.75) is 90.9 Å². The van der Waals surface area contributed by atoms with Crippen molar-refractivity contribution in [1.82, 2.24) is 0 Å². The molecule has 0 heterocycles. The van der Waals surface area contributed by atoms with Crippen molar-refractivity contribution in [2.75, 3.05) is 0 Å². The molecule has 0 rings (SSSR count). The minimum absolute atomic E-state index is 0.741. The van der Waals surface area contributed by atoms with Gasteiger partial charge in [-0.3, -0.25) is 0 Å². The Morgan fingerprint density at radius 3 is 1.09 bits per heavy atom. The van der Waals surface area contributed by atoms with Crippen molar-refractivity contribution in [2.24, 2.45) is 0 Å². The van der Waals surface area contributed by atoms with E-state index in [9.17, 15) is 10.2 Å². The maximum atomic E-state index is 9.72. The molecule has 0 aromatic heterocycles. The molecular weight excluding hydrogens is 308 g/mol. The van der Waals surface area contributed by atoms with Crippen molar-refractivity contribution in [3.8, 4) is 23.7 Å². The third-order valence-electron chi connectivity index (χ3n) is 2.34. The second kappa shape index (κ2) is 6.97. The first-order valence-corrected chi connectivity index (χ1v) is 10.6. The van der Waals surface area contributed by atoms with Crippen molar-refractivity contribution in [1.29, 1.82) is 0 Å². The zero-order valence-electron chi connectivity index (χ0n) is 16.2. The second-order valence-corrected chi connectivity index (χ2v) is 11.5. The zero-order valence-corrected chi connectivity index (χ0v) is 17.2. The Balaban J connectivity index is 5.12. The minimum atomic E-state index is -2.54. The van der Waals surface area contributed by atoms with E-state index in [1.807, 2.05) is 40.8 Å². The summed E-state index contributed by atoms with van der Waals surface area (Å²) in [4.78, 5) is 0. The Hall–Kier alpha value is -0.823. The van der Waals surface area contributed by atoms with E-state index in [0.717, 1.165) is 0 Å². The van der Waals surface area contributed by atoms with E-state index in [1.165, 1.54) is 0 Å². The summed E-state index contributed by atoms with van der Waals surface area (Å²) in [7, 11) is -2.54. The van der Waals surface area contributed by atoms with Crippen molar-refractivity contribution < 1.29 is 19.1 Å². The molecule has 132 valence electrons. The summed E-state index contributed by atoms with van der Waals surface area (Å²) in [6, 6.07) is 0. The molecule has 0 fully saturated rings. The topological polar surface area (TPSA) is 58.9 Å². The molecule has 0 amide bonds. The largest absolute Gasteiger partial charge is 0.378 e. The van der Waals surface area contributed by atoms with Crippen LogP contribution in [-0.4, -0.2) is 41.2 Å². The summed E-state index contributed by atoms with van der Waals surface area (Å²) in [5, 5.41) is 19.4. The van der Waals surface area contributed by atoms with Crippen LogP contribution in [0.25, 0.3) is 0 Å². The number of aliphatic hydroxyl groups is 2. The fourth-order valence-corrected chi connectivity index (χ4v) is 4.51. The van der Waals surface area contributed by atoms with Gasteiger partial charge in [-0.15, -0.1) is 0 Å². The van der Waals surface area contributed by atoms with E-state index >= 15 is 0 Å². The van der Waals surface area contributed by atoms with E-state index in [0.29, 0.717) is 0 Å². The molecule has 0 atom stereocenters. The summed E-state index contributed by atoms with van der Waals surface area (Å²) < 4.78 is 12.2. The van der Waals surface area contributed by atoms with Crippen molar-refractivity contribution in [3.05, 3.63) is 0 Å². The molecule has 23 heavy (non-hydrogen) atoms. The zero-order chi connectivity index (χ0) is 18.7. The molecule has 0 aliphatic rings. The van der Waals surface area contributed by atoms with Crippen LogP contribution in [0.3, 0.4) is 0 Å². The molecule has 0 bridgehead atoms. The Morgan fingerprint density at radius 1 is 0.609 bits per heavy atom. The van der Waals surface area contributed by atoms with Gasteiger partial charge in [0.15, 0.2) is 0 Å². The third-order valence-corrected chi connectivity index (χ3v) is 4.34. The molecular formula is C18H32O4Si. The van der Waals surface area contributed by atoms with Crippen LogP contribution >= 0.6 is 0 Å². The predicted octanol–water partition coefficient (Wildman–Crippen LogP) is 2.83. The van der Waals surface area contributed by atoms with Crippen LogP contribution in [-0.2, 0) is 8.85 Å². The van der Waals surface area contributed by atoms with E-state index in [-0.39, 0.29) is 0 Å². The van der Waals surface area contributed by atoms with Crippen molar-refractivity contribution in [3.63, 3.8) is 0 Å². The molecule has 0 aliphatic carbocycles. The van der Waals surface area contributed by atoms with E-state index in [1.54, 1.807) is 27.7 Å². The van der Waals surface area contributed by atoms with E-state index in [4.69, 9.17) is 8.85 Å². The summed E-state index contributed by atoms with van der Waals surface area (Å²) in [5.74, 6) is 11.5. The average Bonchev–Trinajstić information content (AvgIpc) is 2.19. The molecule has 0 radical (unpaired) electrons. The van der Waals surface area contributed by atoms with Gasteiger partial charge in [0.2, 0.25) is 0 Å². The van der Waals surface area contributed by atoms with Crippen LogP contribution in [0.5, 0.6) is 0 Å². The highest BCUT2D eigenvalue weighted by Gasteiger charge is 2.37. The van der Waals surface area contributed by atoms with Crippen LogP contribution in [0, 0.1) is 23.7 Å². The Bertz CT molecular complexity index is 478. The molecule has 0 aliphatic heterocycles. The highest BCUT2D eigenvalue weighted by molar-refractivity contribution is 6.64. The predicted molar refractivity (Wildman–Crippen MR) is 96.0 cm³/mol. The van der Waals surface area contributed by atoms with Gasteiger partial charge in [-0.05, 0) is 68.5 Å². The molecule has 2 N–H and O–H groups in total. The van der Waals surface area contributed by atoms with Gasteiger partial charge in [-0.2, -0.15) is 0 Å². The van der Waals surface area contributed by atoms with Gasteiger partial charge in [0.1, 0.15) is 22.4 Å². The SMILES string of the molecule is CC(C)(O)C#CC(C)(C)O[Si](C)(C)OC(C)(C)C#CC(C)(C)O. The maximum absolute atomic E-state index is 9.72. The molecule has 0 saturated heterocycles. The summed E-state index contributed by atoms with van der Waals surface area (Å²) in [6.45, 7) is 17.8. The molecule has 0 aromatic carbocycles. The molecule has 0 spiro atoms. The molecule has 5 heteroatoms. The van der Waals surface area contributed by atoms with Crippen LogP contribution in [0.15, 0.2) is 0 Å². The van der Waals surface area contributed by atoms with Gasteiger partial charge >= 0.3 is 8.56 Å². The molecule has 4 nitrogen and oxygen atoms in total. The smallest absolute Gasteiger partial charge is 0.333 e. The van der Waals surface area contributed by atoms with Gasteiger partial charge in [0.05, 0.1) is 0 Å². The normalized spacial score (nSPS) is 13.7. The van der Waals surface area contributed by atoms with Gasteiger partial charge < -0.3 is 19.1 Å². The quantitative estimate of drug-likeness (QED) is 0.610. The lowest BCUT2D eigenvalue weighted by molar-refractivity contribution is 0.0537. The minimum Gasteiger partial charge on any atom is -0.378 e. The average molecular weight is 341 g/mol. The standard InChI is InChI=1S/C18H32O4Si/c1-15(2,19)11-13-17(5,6)21-23(9,10)22-18(7,8)14-12-16(3,4)20/h19-20H,1-10H3. The fraction of sp³-hybridized carbons (Fsp3) is 0.778. The summed E-state index contributed by atoms with van der Waals surface area (Å²) in [6.07, 6.45) is 0. The Kier molecular flexibility index (Phi) is 6.72. The van der Waals surface area contributed by atoms with Crippen LogP contribution in [0.1, 0.15) is 55.4 Å².